The van der Waals surface area contributed by atoms with Crippen LogP contribution in [-0.4, -0.2) is 19.9 Å². The zero-order chi connectivity index (χ0) is 25.3. The Bertz CT molecular complexity index is 1920. The van der Waals surface area contributed by atoms with Gasteiger partial charge in [0.25, 0.3) is 0 Å². The number of hydrogen-bond acceptors (Lipinski definition) is 4. The molecule has 0 radical (unpaired) electrons. The Hall–Kier alpha value is -5.22. The van der Waals surface area contributed by atoms with Crippen molar-refractivity contribution in [3.8, 4) is 44.5 Å². The lowest BCUT2D eigenvalue weighted by molar-refractivity contribution is 1.31. The highest BCUT2D eigenvalue weighted by Crippen LogP contribution is 2.44. The molecule has 0 saturated carbocycles. The van der Waals surface area contributed by atoms with Gasteiger partial charge in [0.15, 0.2) is 0 Å². The molecule has 0 spiro atoms. The van der Waals surface area contributed by atoms with Gasteiger partial charge in [0.1, 0.15) is 0 Å². The molecule has 7 rings (SSSR count). The van der Waals surface area contributed by atoms with Crippen LogP contribution in [-0.2, 0) is 0 Å². The molecule has 0 unspecified atom stereocenters. The topological polar surface area (TPSA) is 51.6 Å². The number of fused-ring (bicyclic) bond motifs is 2. The smallest absolute Gasteiger partial charge is 0.0353 e. The van der Waals surface area contributed by atoms with E-state index in [1.165, 1.54) is 27.1 Å². The summed E-state index contributed by atoms with van der Waals surface area (Å²) < 4.78 is 0. The number of aromatic nitrogens is 4. The zero-order valence-electron chi connectivity index (χ0n) is 20.5. The second kappa shape index (κ2) is 9.34. The molecule has 0 atom stereocenters. The summed E-state index contributed by atoms with van der Waals surface area (Å²) in [5.41, 5.74) is 8.99. The molecule has 0 amide bonds. The lowest BCUT2D eigenvalue weighted by atomic mass is 9.86. The van der Waals surface area contributed by atoms with Crippen molar-refractivity contribution >= 4 is 21.5 Å². The first-order valence-electron chi connectivity index (χ1n) is 12.5. The Balaban J connectivity index is 1.57. The summed E-state index contributed by atoms with van der Waals surface area (Å²) in [7, 11) is 0. The Morgan fingerprint density at radius 3 is 1.66 bits per heavy atom. The van der Waals surface area contributed by atoms with Crippen molar-refractivity contribution in [3.05, 3.63) is 135 Å². The summed E-state index contributed by atoms with van der Waals surface area (Å²) in [4.78, 5) is 17.5. The van der Waals surface area contributed by atoms with E-state index < -0.39 is 0 Å². The average molecular weight is 487 g/mol. The maximum atomic E-state index is 4.56. The molecule has 0 saturated heterocycles. The number of hydrogen-bond donors (Lipinski definition) is 0. The third-order valence-corrected chi connectivity index (χ3v) is 7.09. The minimum Gasteiger partial charge on any atom is -0.265 e. The molecule has 4 heteroatoms. The molecular formula is C34H22N4. The number of rotatable bonds is 4. The lowest BCUT2D eigenvalue weighted by Gasteiger charge is -2.18. The van der Waals surface area contributed by atoms with E-state index in [-0.39, 0.29) is 0 Å². The van der Waals surface area contributed by atoms with Crippen molar-refractivity contribution in [2.45, 2.75) is 0 Å². The van der Waals surface area contributed by atoms with E-state index in [0.717, 1.165) is 38.9 Å². The fraction of sp³-hybridized carbons (Fsp3) is 0. The van der Waals surface area contributed by atoms with E-state index >= 15 is 0 Å². The zero-order valence-corrected chi connectivity index (χ0v) is 20.5. The van der Waals surface area contributed by atoms with Crippen LogP contribution in [0.2, 0.25) is 0 Å². The molecule has 0 aliphatic carbocycles. The molecule has 4 aromatic heterocycles. The molecule has 0 aliphatic heterocycles. The molecular weight excluding hydrogens is 464 g/mol. The van der Waals surface area contributed by atoms with Gasteiger partial charge in [-0.3, -0.25) is 19.9 Å². The molecule has 178 valence electrons. The van der Waals surface area contributed by atoms with Gasteiger partial charge >= 0.3 is 0 Å². The van der Waals surface area contributed by atoms with Crippen LogP contribution in [0.4, 0.5) is 0 Å². The summed E-state index contributed by atoms with van der Waals surface area (Å²) in [6.45, 7) is 0. The number of pyridine rings is 4. The standard InChI is InChI=1S/C34H22N4/c1-2-5-28-25(4-1)20-31-29(32-21-37-18-12-26(32)23-8-14-35-15-9-23)6-3-7-30(31)34(28)33-22-38-19-13-27(33)24-10-16-36-17-11-24/h1-22H. The molecule has 0 fully saturated rings. The fourth-order valence-corrected chi connectivity index (χ4v) is 5.38. The second-order valence-electron chi connectivity index (χ2n) is 9.19. The minimum absolute atomic E-state index is 1.09. The van der Waals surface area contributed by atoms with E-state index in [2.05, 4.69) is 80.6 Å². The van der Waals surface area contributed by atoms with Crippen LogP contribution < -0.4 is 0 Å². The highest BCUT2D eigenvalue weighted by molar-refractivity contribution is 6.18. The predicted molar refractivity (Wildman–Crippen MR) is 154 cm³/mol. The van der Waals surface area contributed by atoms with E-state index in [9.17, 15) is 0 Å². The van der Waals surface area contributed by atoms with Crippen LogP contribution in [0.25, 0.3) is 66.1 Å². The van der Waals surface area contributed by atoms with Gasteiger partial charge in [0.2, 0.25) is 0 Å². The van der Waals surface area contributed by atoms with Gasteiger partial charge < -0.3 is 0 Å². The number of nitrogens with zero attached hydrogens (tertiary/aromatic N) is 4. The van der Waals surface area contributed by atoms with Gasteiger partial charge in [-0.2, -0.15) is 0 Å². The Morgan fingerprint density at radius 2 is 0.947 bits per heavy atom. The van der Waals surface area contributed by atoms with Gasteiger partial charge in [-0.1, -0.05) is 42.5 Å². The first kappa shape index (κ1) is 22.0. The van der Waals surface area contributed by atoms with Crippen molar-refractivity contribution in [1.82, 2.24) is 19.9 Å². The summed E-state index contributed by atoms with van der Waals surface area (Å²) in [6.07, 6.45) is 15.0. The average Bonchev–Trinajstić information content (AvgIpc) is 3.00. The molecule has 7 aromatic rings. The maximum Gasteiger partial charge on any atom is 0.0353 e. The van der Waals surface area contributed by atoms with Crippen molar-refractivity contribution in [2.24, 2.45) is 0 Å². The highest BCUT2D eigenvalue weighted by atomic mass is 14.6. The van der Waals surface area contributed by atoms with E-state index in [0.29, 0.717) is 0 Å². The quantitative estimate of drug-likeness (QED) is 0.235. The van der Waals surface area contributed by atoms with Gasteiger partial charge in [0.05, 0.1) is 0 Å². The van der Waals surface area contributed by atoms with Gasteiger partial charge in [-0.25, -0.2) is 0 Å². The van der Waals surface area contributed by atoms with Crippen LogP contribution in [0.3, 0.4) is 0 Å². The van der Waals surface area contributed by atoms with Gasteiger partial charge in [-0.05, 0) is 97.4 Å². The van der Waals surface area contributed by atoms with Crippen LogP contribution >= 0.6 is 0 Å². The summed E-state index contributed by atoms with van der Waals surface area (Å²) >= 11 is 0. The molecule has 0 bridgehead atoms. The second-order valence-corrected chi connectivity index (χ2v) is 9.19. The van der Waals surface area contributed by atoms with Crippen LogP contribution in [0.15, 0.2) is 135 Å². The van der Waals surface area contributed by atoms with Crippen LogP contribution in [0.5, 0.6) is 0 Å². The first-order valence-corrected chi connectivity index (χ1v) is 12.5. The van der Waals surface area contributed by atoms with E-state index in [4.69, 9.17) is 0 Å². The monoisotopic (exact) mass is 486 g/mol. The van der Waals surface area contributed by atoms with Crippen molar-refractivity contribution in [3.63, 3.8) is 0 Å². The van der Waals surface area contributed by atoms with Crippen molar-refractivity contribution < 1.29 is 0 Å². The SMILES string of the molecule is c1ccc2c(-c3cnccc3-c3ccncc3)c3cccc(-c4cnccc4-c4ccncc4)c3cc2c1. The Labute approximate surface area is 220 Å². The van der Waals surface area contributed by atoms with E-state index in [1.54, 1.807) is 0 Å². The molecule has 4 nitrogen and oxygen atoms in total. The summed E-state index contributed by atoms with van der Waals surface area (Å²) in [5, 5.41) is 4.73. The minimum atomic E-state index is 1.09. The third kappa shape index (κ3) is 3.71. The lowest BCUT2D eigenvalue weighted by Crippen LogP contribution is -1.93. The van der Waals surface area contributed by atoms with Crippen molar-refractivity contribution in [1.29, 1.82) is 0 Å². The van der Waals surface area contributed by atoms with Crippen molar-refractivity contribution in [2.75, 3.05) is 0 Å². The largest absolute Gasteiger partial charge is 0.265 e. The normalized spacial score (nSPS) is 11.2. The Kier molecular flexibility index (Phi) is 5.41. The van der Waals surface area contributed by atoms with Gasteiger partial charge in [-0.15, -0.1) is 0 Å². The highest BCUT2D eigenvalue weighted by Gasteiger charge is 2.18. The molecule has 3 aromatic carbocycles. The molecule has 38 heavy (non-hydrogen) atoms. The fourth-order valence-electron chi connectivity index (χ4n) is 5.38. The molecule has 0 N–H and O–H groups in total. The van der Waals surface area contributed by atoms with Crippen LogP contribution in [0, 0.1) is 0 Å². The molecule has 4 heterocycles. The first-order chi connectivity index (χ1) is 18.9. The Morgan fingerprint density at radius 1 is 0.368 bits per heavy atom. The third-order valence-electron chi connectivity index (χ3n) is 7.09. The maximum absolute atomic E-state index is 4.56. The van der Waals surface area contributed by atoms with E-state index in [1.807, 2.05) is 73.8 Å². The van der Waals surface area contributed by atoms with Gasteiger partial charge in [0, 0.05) is 60.7 Å². The van der Waals surface area contributed by atoms with Crippen LogP contribution in [0.1, 0.15) is 0 Å². The summed E-state index contributed by atoms with van der Waals surface area (Å²) in [6, 6.07) is 29.8. The predicted octanol–water partition coefficient (Wildman–Crippen LogP) is 8.24. The number of benzene rings is 3. The molecule has 0 aliphatic rings. The summed E-state index contributed by atoms with van der Waals surface area (Å²) in [5.74, 6) is 0.